The molecular formula is C19H23NO5. The highest BCUT2D eigenvalue weighted by atomic mass is 16.9. The predicted molar refractivity (Wildman–Crippen MR) is 86.4 cm³/mol. The molecule has 0 aromatic rings. The van der Waals surface area contributed by atoms with Gasteiger partial charge in [-0.1, -0.05) is 6.08 Å². The number of ether oxygens (including phenoxy) is 4. The molecular weight excluding hydrogens is 322 g/mol. The fourth-order valence-corrected chi connectivity index (χ4v) is 6.67. The van der Waals surface area contributed by atoms with Crippen LogP contribution in [0.2, 0.25) is 0 Å². The van der Waals surface area contributed by atoms with Crippen molar-refractivity contribution in [3.8, 4) is 0 Å². The van der Waals surface area contributed by atoms with Gasteiger partial charge in [0.1, 0.15) is 6.10 Å². The Hall–Kier alpha value is -1.05. The average molecular weight is 345 g/mol. The molecule has 6 aliphatic rings. The van der Waals surface area contributed by atoms with Crippen molar-refractivity contribution in [1.82, 2.24) is 4.90 Å². The third-order valence-corrected chi connectivity index (χ3v) is 7.66. The van der Waals surface area contributed by atoms with Crippen LogP contribution >= 0.6 is 0 Å². The molecule has 0 aromatic heterocycles. The van der Waals surface area contributed by atoms with Crippen LogP contribution in [0.5, 0.6) is 0 Å². The van der Waals surface area contributed by atoms with E-state index in [2.05, 4.69) is 18.0 Å². The highest BCUT2D eigenvalue weighted by Gasteiger charge is 2.78. The van der Waals surface area contributed by atoms with E-state index in [0.717, 1.165) is 31.4 Å². The molecule has 0 radical (unpaired) electrons. The molecule has 6 rings (SSSR count). The van der Waals surface area contributed by atoms with Crippen molar-refractivity contribution in [3.63, 3.8) is 0 Å². The highest BCUT2D eigenvalue weighted by molar-refractivity contribution is 5.87. The van der Waals surface area contributed by atoms with Gasteiger partial charge in [-0.3, -0.25) is 4.79 Å². The second kappa shape index (κ2) is 4.43. The lowest BCUT2D eigenvalue weighted by atomic mass is 9.50. The molecule has 6 heteroatoms. The van der Waals surface area contributed by atoms with Crippen molar-refractivity contribution < 1.29 is 23.7 Å². The SMILES string of the molecule is COC12C=CC3=C4C1(OCO2)O[C@H]1C(=O)CC[C@H]2[C@@H](C3)N(C)CC[C@]412. The summed E-state index contributed by atoms with van der Waals surface area (Å²) in [6.45, 7) is 1.09. The van der Waals surface area contributed by atoms with E-state index < -0.39 is 17.7 Å². The number of hydrogen-bond acceptors (Lipinski definition) is 6. The molecule has 2 spiro atoms. The van der Waals surface area contributed by atoms with Gasteiger partial charge in [-0.15, -0.1) is 0 Å². The molecule has 3 saturated heterocycles. The second-order valence-electron chi connectivity index (χ2n) is 8.28. The van der Waals surface area contributed by atoms with Crippen LogP contribution in [0.25, 0.3) is 0 Å². The van der Waals surface area contributed by atoms with E-state index >= 15 is 0 Å². The molecule has 0 N–H and O–H groups in total. The van der Waals surface area contributed by atoms with Crippen molar-refractivity contribution in [2.24, 2.45) is 11.3 Å². The quantitative estimate of drug-likeness (QED) is 0.715. The van der Waals surface area contributed by atoms with Crippen LogP contribution < -0.4 is 0 Å². The molecule has 2 unspecified atom stereocenters. The average Bonchev–Trinajstić information content (AvgIpc) is 3.14. The van der Waals surface area contributed by atoms with Crippen LogP contribution in [-0.4, -0.2) is 61.9 Å². The van der Waals surface area contributed by atoms with Crippen molar-refractivity contribution in [3.05, 3.63) is 23.3 Å². The largest absolute Gasteiger partial charge is 0.345 e. The summed E-state index contributed by atoms with van der Waals surface area (Å²) in [4.78, 5) is 15.4. The Kier molecular flexibility index (Phi) is 2.67. The van der Waals surface area contributed by atoms with Crippen LogP contribution in [0.15, 0.2) is 23.3 Å². The van der Waals surface area contributed by atoms with E-state index in [-0.39, 0.29) is 18.0 Å². The highest BCUT2D eigenvalue weighted by Crippen LogP contribution is 2.70. The Morgan fingerprint density at radius 1 is 1.36 bits per heavy atom. The van der Waals surface area contributed by atoms with Crippen molar-refractivity contribution >= 4 is 5.78 Å². The van der Waals surface area contributed by atoms with Gasteiger partial charge in [0.15, 0.2) is 12.6 Å². The normalized spacial score (nSPS) is 53.2. The minimum Gasteiger partial charge on any atom is -0.345 e. The standard InChI is InChI=1S/C19H23NO5/c1-20-8-7-17-12-3-4-14(21)16(17)25-19-15(17)11(9-13(12)20)5-6-18(19,22-2)23-10-24-19/h5-6,12-13,16H,3-4,7-10H2,1-2H3/t12-,13+,16-,17-,18?,19?/m0/s1. The van der Waals surface area contributed by atoms with Crippen LogP contribution in [0.4, 0.5) is 0 Å². The minimum atomic E-state index is -1.10. The first-order valence-corrected chi connectivity index (χ1v) is 9.25. The molecule has 1 saturated carbocycles. The van der Waals surface area contributed by atoms with E-state index in [0.29, 0.717) is 18.4 Å². The van der Waals surface area contributed by atoms with Gasteiger partial charge in [-0.05, 0) is 50.4 Å². The van der Waals surface area contributed by atoms with Gasteiger partial charge in [0.05, 0.1) is 0 Å². The molecule has 6 nitrogen and oxygen atoms in total. The number of ketones is 1. The van der Waals surface area contributed by atoms with Gasteiger partial charge in [0, 0.05) is 30.6 Å². The summed E-state index contributed by atoms with van der Waals surface area (Å²) in [5.41, 5.74) is 2.14. The van der Waals surface area contributed by atoms with Crippen molar-refractivity contribution in [2.45, 2.75) is 49.4 Å². The summed E-state index contributed by atoms with van der Waals surface area (Å²) >= 11 is 0. The number of piperidine rings is 1. The van der Waals surface area contributed by atoms with Crippen LogP contribution in [-0.2, 0) is 23.7 Å². The molecule has 0 aromatic carbocycles. The molecule has 25 heavy (non-hydrogen) atoms. The first-order chi connectivity index (χ1) is 12.1. The summed E-state index contributed by atoms with van der Waals surface area (Å²) in [5, 5.41) is 0. The molecule has 3 aliphatic heterocycles. The zero-order valence-electron chi connectivity index (χ0n) is 14.6. The number of nitrogens with zero attached hydrogens (tertiary/aromatic N) is 1. The van der Waals surface area contributed by atoms with E-state index in [1.165, 1.54) is 5.57 Å². The number of allylic oxidation sites excluding steroid dienone is 1. The molecule has 3 aliphatic carbocycles. The maximum absolute atomic E-state index is 12.9. The Balaban J connectivity index is 1.65. The fourth-order valence-electron chi connectivity index (χ4n) is 6.67. The Labute approximate surface area is 146 Å². The monoisotopic (exact) mass is 345 g/mol. The summed E-state index contributed by atoms with van der Waals surface area (Å²) < 4.78 is 24.3. The Morgan fingerprint density at radius 2 is 2.24 bits per heavy atom. The number of carbonyl (C=O) groups excluding carboxylic acids is 1. The number of likely N-dealkylation sites (tertiary alicyclic amines) is 1. The zero-order chi connectivity index (χ0) is 17.0. The molecule has 6 atom stereocenters. The van der Waals surface area contributed by atoms with Crippen molar-refractivity contribution in [2.75, 3.05) is 27.5 Å². The Morgan fingerprint density at radius 3 is 3.08 bits per heavy atom. The lowest BCUT2D eigenvalue weighted by Crippen LogP contribution is -2.63. The number of hydrogen-bond donors (Lipinski definition) is 0. The van der Waals surface area contributed by atoms with Gasteiger partial charge in [-0.25, -0.2) is 0 Å². The summed E-state index contributed by atoms with van der Waals surface area (Å²) in [6, 6.07) is 0.462. The molecule has 4 fully saturated rings. The van der Waals surface area contributed by atoms with Crippen LogP contribution in [0.3, 0.4) is 0 Å². The van der Waals surface area contributed by atoms with E-state index in [4.69, 9.17) is 18.9 Å². The lowest BCUT2D eigenvalue weighted by molar-refractivity contribution is -0.276. The van der Waals surface area contributed by atoms with Gasteiger partial charge in [0.2, 0.25) is 0 Å². The smallest absolute Gasteiger partial charge is 0.255 e. The topological polar surface area (TPSA) is 57.2 Å². The summed E-state index contributed by atoms with van der Waals surface area (Å²) in [7, 11) is 3.83. The van der Waals surface area contributed by atoms with E-state index in [1.807, 2.05) is 6.08 Å². The second-order valence-corrected chi connectivity index (χ2v) is 8.28. The number of Topliss-reactive ketones (excluding diaryl/α,β-unsaturated/α-hetero) is 1. The van der Waals surface area contributed by atoms with Gasteiger partial charge in [-0.2, -0.15) is 0 Å². The summed E-state index contributed by atoms with van der Waals surface area (Å²) in [5.74, 6) is -1.55. The van der Waals surface area contributed by atoms with Crippen LogP contribution in [0, 0.1) is 11.3 Å². The predicted octanol–water partition coefficient (Wildman–Crippen LogP) is 1.37. The molecule has 2 bridgehead atoms. The van der Waals surface area contributed by atoms with Crippen LogP contribution in [0.1, 0.15) is 25.7 Å². The van der Waals surface area contributed by atoms with Gasteiger partial charge >= 0.3 is 0 Å². The maximum Gasteiger partial charge on any atom is 0.255 e. The third-order valence-electron chi connectivity index (χ3n) is 7.66. The summed E-state index contributed by atoms with van der Waals surface area (Å²) in [6.07, 6.45) is 7.04. The first-order valence-electron chi connectivity index (χ1n) is 9.25. The number of methoxy groups -OCH3 is 1. The lowest BCUT2D eigenvalue weighted by Gasteiger charge is -2.58. The van der Waals surface area contributed by atoms with E-state index in [9.17, 15) is 4.79 Å². The molecule has 3 heterocycles. The van der Waals surface area contributed by atoms with Crippen molar-refractivity contribution in [1.29, 1.82) is 0 Å². The third kappa shape index (κ3) is 1.40. The fraction of sp³-hybridized carbons (Fsp3) is 0.737. The van der Waals surface area contributed by atoms with Gasteiger partial charge in [0.25, 0.3) is 11.6 Å². The van der Waals surface area contributed by atoms with Gasteiger partial charge < -0.3 is 23.8 Å². The minimum absolute atomic E-state index is 0.111. The molecule has 0 amide bonds. The number of carbonyl (C=O) groups is 1. The number of rotatable bonds is 1. The van der Waals surface area contributed by atoms with E-state index in [1.54, 1.807) is 7.11 Å². The Bertz CT molecular complexity index is 746. The first kappa shape index (κ1) is 15.1. The molecule has 134 valence electrons. The maximum atomic E-state index is 12.9. The zero-order valence-corrected chi connectivity index (χ0v) is 14.6.